The first kappa shape index (κ1) is 68.2. The lowest BCUT2D eigenvalue weighted by atomic mass is 10.1. The third-order valence-corrected chi connectivity index (χ3v) is 13.4. The Morgan fingerprint density at radius 1 is 0.719 bits per heavy atom. The maximum atomic E-state index is 13.4. The molecule has 2 atom stereocenters. The van der Waals surface area contributed by atoms with Gasteiger partial charge in [-0.25, -0.2) is 39.4 Å². The smallest absolute Gasteiger partial charge is 0.410 e. The van der Waals surface area contributed by atoms with E-state index in [1.807, 2.05) is 45.0 Å². The maximum Gasteiger partial charge on any atom is 0.410 e. The first-order valence-electron chi connectivity index (χ1n) is 27.7. The molecule has 8 aromatic rings. The van der Waals surface area contributed by atoms with Crippen LogP contribution in [0.2, 0.25) is 10.0 Å². The molecule has 2 fully saturated rings. The molecule has 2 aromatic heterocycles. The van der Waals surface area contributed by atoms with Gasteiger partial charge < -0.3 is 49.3 Å². The van der Waals surface area contributed by atoms with Crippen molar-refractivity contribution in [2.75, 3.05) is 63.4 Å². The minimum Gasteiger partial charge on any atom is -0.487 e. The van der Waals surface area contributed by atoms with Crippen molar-refractivity contribution in [1.29, 1.82) is 0 Å². The van der Waals surface area contributed by atoms with Crippen molar-refractivity contribution in [3.63, 3.8) is 0 Å². The highest BCUT2D eigenvalue weighted by atomic mass is 127. The summed E-state index contributed by atoms with van der Waals surface area (Å²) in [4.78, 5) is 53.2. The van der Waals surface area contributed by atoms with Gasteiger partial charge in [-0.3, -0.25) is 9.69 Å². The van der Waals surface area contributed by atoms with Gasteiger partial charge in [-0.1, -0.05) is 64.5 Å². The molecule has 464 valence electrons. The van der Waals surface area contributed by atoms with Gasteiger partial charge >= 0.3 is 6.09 Å². The molecule has 2 aliphatic rings. The molecular formula is C65H65Cl2F2IN10O9. The van der Waals surface area contributed by atoms with Crippen molar-refractivity contribution in [1.82, 2.24) is 30.2 Å². The number of anilines is 4. The van der Waals surface area contributed by atoms with E-state index in [0.717, 1.165) is 23.0 Å². The summed E-state index contributed by atoms with van der Waals surface area (Å²) in [5.74, 6) is 17.2. The van der Waals surface area contributed by atoms with Crippen molar-refractivity contribution < 1.29 is 51.7 Å². The minimum absolute atomic E-state index is 0. The fraction of sp³-hybridized carbons (Fsp3) is 0.277. The van der Waals surface area contributed by atoms with Crippen molar-refractivity contribution >= 4 is 110 Å². The molecule has 10 rings (SSSR count). The highest BCUT2D eigenvalue weighted by Gasteiger charge is 2.31. The minimum atomic E-state index is -0.497. The number of morpholine rings is 2. The van der Waals surface area contributed by atoms with E-state index >= 15 is 0 Å². The SMILES string of the molecule is CC#C/C(=N\OC[C@H]1COCCN1)c1ccc2ncnc(Nc3ccc(OCc4cccc(F)c4)c(Cl)c3)c2c1.CC#CC(=O)c1ccc2ncnc(Nc3ccc(OCc4cccc(F)c4)c(Cl)c3)c2c1.CC(C)(C)OC(=O)N1CCOC[C@@H]1CON.I. The van der Waals surface area contributed by atoms with Crippen LogP contribution in [-0.2, 0) is 37.1 Å². The number of fused-ring (bicyclic) bond motifs is 2. The zero-order chi connectivity index (χ0) is 62.4. The average molecular weight is 1370 g/mol. The van der Waals surface area contributed by atoms with Crippen molar-refractivity contribution in [2.45, 2.75) is 65.5 Å². The first-order chi connectivity index (χ1) is 42.6. The number of nitrogens with zero attached hydrogens (tertiary/aromatic N) is 6. The average Bonchev–Trinajstić information content (AvgIpc) is 2.08. The highest BCUT2D eigenvalue weighted by molar-refractivity contribution is 14.0. The number of aromatic nitrogens is 4. The van der Waals surface area contributed by atoms with E-state index in [0.29, 0.717) is 117 Å². The molecule has 0 spiro atoms. The Kier molecular flexibility index (Phi) is 26.0. The lowest BCUT2D eigenvalue weighted by Crippen LogP contribution is -2.52. The van der Waals surface area contributed by atoms with Crippen LogP contribution in [0, 0.1) is 35.3 Å². The van der Waals surface area contributed by atoms with E-state index < -0.39 is 5.60 Å². The van der Waals surface area contributed by atoms with Gasteiger partial charge in [0.1, 0.15) is 72.8 Å². The quantitative estimate of drug-likeness (QED) is 0.0166. The summed E-state index contributed by atoms with van der Waals surface area (Å²) in [7, 11) is 0. The summed E-state index contributed by atoms with van der Waals surface area (Å²) in [6.45, 7) is 13.4. The van der Waals surface area contributed by atoms with Gasteiger partial charge in [0.05, 0.1) is 66.2 Å². The topological polar surface area (TPSA) is 228 Å². The van der Waals surface area contributed by atoms with Crippen molar-refractivity contribution in [3.05, 3.63) is 178 Å². The maximum absolute atomic E-state index is 13.4. The Hall–Kier alpha value is -8.30. The molecule has 1 amide bonds. The van der Waals surface area contributed by atoms with Crippen LogP contribution in [0.4, 0.5) is 36.6 Å². The Morgan fingerprint density at radius 2 is 1.28 bits per heavy atom. The monoisotopic (exact) mass is 1360 g/mol. The van der Waals surface area contributed by atoms with E-state index in [-0.39, 0.29) is 79.4 Å². The number of nitrogens with one attached hydrogen (secondary N) is 3. The molecule has 6 aromatic carbocycles. The normalized spacial score (nSPS) is 14.5. The van der Waals surface area contributed by atoms with Crippen LogP contribution in [0.5, 0.6) is 11.5 Å². The second-order valence-electron chi connectivity index (χ2n) is 20.6. The van der Waals surface area contributed by atoms with Gasteiger partial charge in [-0.15, -0.1) is 24.0 Å². The molecule has 0 radical (unpaired) electrons. The molecule has 24 heteroatoms. The van der Waals surface area contributed by atoms with Gasteiger partial charge in [0.15, 0.2) is 5.71 Å². The number of hydrogen-bond donors (Lipinski definition) is 4. The number of carbonyl (C=O) groups is 2. The molecule has 19 nitrogen and oxygen atoms in total. The zero-order valence-corrected chi connectivity index (χ0v) is 53.1. The van der Waals surface area contributed by atoms with Gasteiger partial charge in [0.2, 0.25) is 5.78 Å². The number of ketones is 1. The standard InChI is InChI=1S/C30H27ClFN5O3.C25H17ClFN3O2.C10H20N2O4.HI/c1-2-4-27(37-40-18-24-17-38-12-11-33-24)21-7-9-28-25(14-21)30(35-19-34-28)36-23-8-10-29(26(31)15-23)39-16-20-5-3-6-22(32)13-20;1-2-4-23(31)17-7-9-22-20(12-17)25(29-15-28-22)30-19-8-10-24(21(26)13-19)32-14-16-5-3-6-18(27)11-16;1-10(2,3)16-9(13)12-4-5-14-6-8(12)7-15-11;/h3,5-10,13-15,19,24,33H,11-12,16-18H2,1H3,(H,34,35,36);3,5-13,15H,14H2,1H3,(H,28,29,30);8H,4-7,11H2,1-3H3;1H/b37-27+;;;/t24-;;8-;/m1.1./s1. The summed E-state index contributed by atoms with van der Waals surface area (Å²) in [5.41, 5.74) is 5.47. The van der Waals surface area contributed by atoms with Crippen molar-refractivity contribution in [3.8, 4) is 35.2 Å². The van der Waals surface area contributed by atoms with Crippen LogP contribution in [-0.4, -0.2) is 113 Å². The Labute approximate surface area is 541 Å². The molecule has 2 aliphatic heterocycles. The molecule has 5 N–H and O–H groups in total. The molecule has 89 heavy (non-hydrogen) atoms. The fourth-order valence-electron chi connectivity index (χ4n) is 8.68. The third kappa shape index (κ3) is 20.6. The second-order valence-corrected chi connectivity index (χ2v) is 21.4. The second kappa shape index (κ2) is 33.9. The van der Waals surface area contributed by atoms with E-state index in [4.69, 9.17) is 57.6 Å². The summed E-state index contributed by atoms with van der Waals surface area (Å²) in [6.07, 6.45) is 2.58. The summed E-state index contributed by atoms with van der Waals surface area (Å²) in [6, 6.07) is 33.7. The Balaban J connectivity index is 0.000000206. The van der Waals surface area contributed by atoms with Crippen LogP contribution in [0.3, 0.4) is 0 Å². The van der Waals surface area contributed by atoms with Crippen LogP contribution >= 0.6 is 47.2 Å². The number of nitrogens with two attached hydrogens (primary N) is 1. The van der Waals surface area contributed by atoms with E-state index in [2.05, 4.69) is 69.6 Å². The number of carbonyl (C=O) groups excluding carboxylic acids is 2. The predicted octanol–water partition coefficient (Wildman–Crippen LogP) is 12.6. The van der Waals surface area contributed by atoms with Crippen LogP contribution in [0.25, 0.3) is 21.8 Å². The van der Waals surface area contributed by atoms with Gasteiger partial charge in [-0.05, 0) is 155 Å². The zero-order valence-electron chi connectivity index (χ0n) is 49.3. The molecule has 0 saturated carbocycles. The third-order valence-electron chi connectivity index (χ3n) is 12.8. The Morgan fingerprint density at radius 3 is 1.80 bits per heavy atom. The summed E-state index contributed by atoms with van der Waals surface area (Å²) < 4.78 is 54.3. The van der Waals surface area contributed by atoms with E-state index in [1.165, 1.54) is 36.9 Å². The number of rotatable bonds is 17. The van der Waals surface area contributed by atoms with Crippen molar-refractivity contribution in [2.24, 2.45) is 11.1 Å². The molecule has 0 aliphatic carbocycles. The number of hydrogen-bond acceptors (Lipinski definition) is 18. The summed E-state index contributed by atoms with van der Waals surface area (Å²) in [5, 5.41) is 16.4. The molecule has 2 saturated heterocycles. The predicted molar refractivity (Wildman–Crippen MR) is 349 cm³/mol. The number of Topliss-reactive ketones (excluding diaryl/α,β-unsaturated/α-hetero) is 1. The lowest BCUT2D eigenvalue weighted by molar-refractivity contribution is -0.0547. The molecule has 0 unspecified atom stereocenters. The van der Waals surface area contributed by atoms with E-state index in [9.17, 15) is 18.4 Å². The van der Waals surface area contributed by atoms with E-state index in [1.54, 1.807) is 91.5 Å². The van der Waals surface area contributed by atoms with Gasteiger partial charge in [0.25, 0.3) is 0 Å². The number of oxime groups is 1. The number of halogens is 5. The first-order valence-corrected chi connectivity index (χ1v) is 28.5. The fourth-order valence-corrected chi connectivity index (χ4v) is 9.15. The number of ether oxygens (including phenoxy) is 5. The molecule has 0 bridgehead atoms. The highest BCUT2D eigenvalue weighted by Crippen LogP contribution is 2.33. The number of amides is 1. The van der Waals surface area contributed by atoms with Crippen LogP contribution in [0.1, 0.15) is 61.7 Å². The summed E-state index contributed by atoms with van der Waals surface area (Å²) >= 11 is 12.9. The largest absolute Gasteiger partial charge is 0.487 e. The molecule has 4 heterocycles. The van der Waals surface area contributed by atoms with Crippen LogP contribution in [0.15, 0.2) is 139 Å². The van der Waals surface area contributed by atoms with Gasteiger partial charge in [-0.2, -0.15) is 0 Å². The Bertz CT molecular complexity index is 3890. The molecular weight excluding hydrogens is 1300 g/mol. The van der Waals surface area contributed by atoms with Gasteiger partial charge in [0, 0.05) is 46.4 Å². The lowest BCUT2D eigenvalue weighted by Gasteiger charge is -2.35. The van der Waals surface area contributed by atoms with Crippen LogP contribution < -0.4 is 31.3 Å². The number of benzene rings is 6.